The molecule has 9 nitrogen and oxygen atoms in total. The number of hydrogen-bond acceptors (Lipinski definition) is 7. The predicted octanol–water partition coefficient (Wildman–Crippen LogP) is 4.45. The average Bonchev–Trinajstić information content (AvgIpc) is 3.34. The van der Waals surface area contributed by atoms with Gasteiger partial charge in [0.2, 0.25) is 0 Å². The number of anilines is 1. The van der Waals surface area contributed by atoms with Crippen molar-refractivity contribution < 1.29 is 23.2 Å². The van der Waals surface area contributed by atoms with Gasteiger partial charge in [-0.3, -0.25) is 25.3 Å². The highest BCUT2D eigenvalue weighted by atomic mass is 32.1. The first-order valence-corrected chi connectivity index (χ1v) is 9.24. The maximum absolute atomic E-state index is 12.6. The molecule has 0 unspecified atom stereocenters. The van der Waals surface area contributed by atoms with Gasteiger partial charge in [-0.15, -0.1) is 11.3 Å². The molecule has 30 heavy (non-hydrogen) atoms. The molecule has 2 heterocycles. The third kappa shape index (κ3) is 3.80. The summed E-state index contributed by atoms with van der Waals surface area (Å²) in [5, 5.41) is 22.2. The summed E-state index contributed by atoms with van der Waals surface area (Å²) in [7, 11) is 0. The van der Waals surface area contributed by atoms with Crippen molar-refractivity contribution in [3.63, 3.8) is 0 Å². The van der Waals surface area contributed by atoms with Crippen LogP contribution in [0.15, 0.2) is 47.8 Å². The Morgan fingerprint density at radius 2 is 2.07 bits per heavy atom. The number of para-hydroxylation sites is 1. The van der Waals surface area contributed by atoms with Crippen molar-refractivity contribution in [3.8, 4) is 17.0 Å². The lowest BCUT2D eigenvalue weighted by atomic mass is 10.1. The second-order valence-electron chi connectivity index (χ2n) is 5.93. The van der Waals surface area contributed by atoms with Crippen molar-refractivity contribution in [2.24, 2.45) is 0 Å². The summed E-state index contributed by atoms with van der Waals surface area (Å²) in [6.45, 7) is -2.99. The number of carbonyl (C=O) groups excluding carboxylic acids is 1. The summed E-state index contributed by atoms with van der Waals surface area (Å²) in [5.74, 6) is -0.666. The lowest BCUT2D eigenvalue weighted by Crippen LogP contribution is -2.12. The molecule has 4 rings (SSSR count). The summed E-state index contributed by atoms with van der Waals surface area (Å²) >= 11 is 1.08. The molecule has 0 fully saturated rings. The Labute approximate surface area is 170 Å². The Morgan fingerprint density at radius 3 is 2.83 bits per heavy atom. The zero-order chi connectivity index (χ0) is 21.3. The van der Waals surface area contributed by atoms with E-state index in [2.05, 4.69) is 25.2 Å². The van der Waals surface area contributed by atoms with Gasteiger partial charge in [0, 0.05) is 28.5 Å². The summed E-state index contributed by atoms with van der Waals surface area (Å²) in [6, 6.07) is 10.2. The standard InChI is InChI=1S/C18H11F2N5O4S/c19-17(20)29-14-4-2-1-3-10(14)13-8-30-18(21-13)22-16(26)15-11-7-9(25(27)28)5-6-12(11)23-24-15/h1-8,17H,(H,23,24)(H,21,22,26). The Morgan fingerprint density at radius 1 is 1.27 bits per heavy atom. The first-order valence-electron chi connectivity index (χ1n) is 8.36. The second kappa shape index (κ2) is 7.83. The van der Waals surface area contributed by atoms with Crippen molar-refractivity contribution in [2.45, 2.75) is 6.61 Å². The summed E-state index contributed by atoms with van der Waals surface area (Å²) in [6.07, 6.45) is 0. The number of aromatic nitrogens is 3. The number of nitro benzene ring substituents is 1. The average molecular weight is 431 g/mol. The molecular weight excluding hydrogens is 420 g/mol. The number of ether oxygens (including phenoxy) is 1. The number of H-pyrrole nitrogens is 1. The van der Waals surface area contributed by atoms with E-state index in [-0.39, 0.29) is 27.6 Å². The third-order valence-corrected chi connectivity index (χ3v) is 4.83. The van der Waals surface area contributed by atoms with Crippen LogP contribution < -0.4 is 10.1 Å². The van der Waals surface area contributed by atoms with E-state index in [1.807, 2.05) is 0 Å². The number of fused-ring (bicyclic) bond motifs is 1. The number of thiazole rings is 1. The van der Waals surface area contributed by atoms with Crippen LogP contribution in [0.1, 0.15) is 10.5 Å². The van der Waals surface area contributed by atoms with Crippen LogP contribution in [0.3, 0.4) is 0 Å². The van der Waals surface area contributed by atoms with Crippen LogP contribution in [0, 0.1) is 10.1 Å². The maximum atomic E-state index is 12.6. The van der Waals surface area contributed by atoms with Crippen LogP contribution in [-0.4, -0.2) is 32.6 Å². The number of halogens is 2. The number of benzene rings is 2. The topological polar surface area (TPSA) is 123 Å². The lowest BCUT2D eigenvalue weighted by molar-refractivity contribution is -0.384. The molecule has 2 aromatic heterocycles. The van der Waals surface area contributed by atoms with Crippen molar-refractivity contribution in [2.75, 3.05) is 5.32 Å². The molecule has 0 saturated carbocycles. The SMILES string of the molecule is O=C(Nc1nc(-c2ccccc2OC(F)F)cs1)c1n[nH]c2ccc([N+](=O)[O-])cc12. The van der Waals surface area contributed by atoms with Crippen LogP contribution in [0.5, 0.6) is 5.75 Å². The summed E-state index contributed by atoms with van der Waals surface area (Å²) < 4.78 is 29.7. The monoisotopic (exact) mass is 431 g/mol. The molecule has 0 aliphatic carbocycles. The van der Waals surface area contributed by atoms with Crippen molar-refractivity contribution in [3.05, 3.63) is 63.7 Å². The lowest BCUT2D eigenvalue weighted by Gasteiger charge is -2.08. The highest BCUT2D eigenvalue weighted by molar-refractivity contribution is 7.14. The number of non-ortho nitro benzene ring substituents is 1. The fourth-order valence-corrected chi connectivity index (χ4v) is 3.48. The quantitative estimate of drug-likeness (QED) is 0.343. The van der Waals surface area contributed by atoms with E-state index < -0.39 is 17.4 Å². The number of nitrogens with zero attached hydrogens (tertiary/aromatic N) is 3. The van der Waals surface area contributed by atoms with E-state index in [0.717, 1.165) is 11.3 Å². The van der Waals surface area contributed by atoms with Gasteiger partial charge in [0.25, 0.3) is 11.6 Å². The molecule has 0 aliphatic heterocycles. The molecule has 0 aliphatic rings. The molecule has 0 bridgehead atoms. The number of alkyl halides is 2. The van der Waals surface area contributed by atoms with Crippen LogP contribution >= 0.6 is 11.3 Å². The molecule has 12 heteroatoms. The number of hydrogen-bond donors (Lipinski definition) is 2. The molecular formula is C18H11F2N5O4S. The second-order valence-corrected chi connectivity index (χ2v) is 6.78. The van der Waals surface area contributed by atoms with Crippen molar-refractivity contribution >= 4 is 39.0 Å². The van der Waals surface area contributed by atoms with Gasteiger partial charge < -0.3 is 4.74 Å². The fourth-order valence-electron chi connectivity index (χ4n) is 2.78. The normalized spacial score (nSPS) is 11.0. The minimum absolute atomic E-state index is 0.0353. The minimum Gasteiger partial charge on any atom is -0.434 e. The zero-order valence-corrected chi connectivity index (χ0v) is 15.7. The minimum atomic E-state index is -2.99. The van der Waals surface area contributed by atoms with Crippen LogP contribution in [0.4, 0.5) is 19.6 Å². The van der Waals surface area contributed by atoms with Crippen LogP contribution in [-0.2, 0) is 0 Å². The Kier molecular flexibility index (Phi) is 5.06. The van der Waals surface area contributed by atoms with E-state index >= 15 is 0 Å². The van der Waals surface area contributed by atoms with Gasteiger partial charge in [0.1, 0.15) is 5.75 Å². The highest BCUT2D eigenvalue weighted by Gasteiger charge is 2.19. The molecule has 1 amide bonds. The van der Waals surface area contributed by atoms with Crippen LogP contribution in [0.25, 0.3) is 22.2 Å². The van der Waals surface area contributed by atoms with E-state index in [1.54, 1.807) is 23.6 Å². The van der Waals surface area contributed by atoms with E-state index in [0.29, 0.717) is 16.8 Å². The molecule has 0 saturated heterocycles. The molecule has 0 radical (unpaired) electrons. The third-order valence-electron chi connectivity index (χ3n) is 4.08. The number of carbonyl (C=O) groups is 1. The number of nitro groups is 1. The summed E-state index contributed by atoms with van der Waals surface area (Å²) in [5.41, 5.74) is 0.935. The first-order chi connectivity index (χ1) is 14.4. The van der Waals surface area contributed by atoms with Crippen molar-refractivity contribution in [1.82, 2.24) is 15.2 Å². The largest absolute Gasteiger partial charge is 0.434 e. The Hall–Kier alpha value is -3.93. The maximum Gasteiger partial charge on any atom is 0.387 e. The number of nitrogens with one attached hydrogen (secondary N) is 2. The van der Waals surface area contributed by atoms with Gasteiger partial charge in [-0.2, -0.15) is 13.9 Å². The highest BCUT2D eigenvalue weighted by Crippen LogP contribution is 2.33. The molecule has 2 N–H and O–H groups in total. The fraction of sp³-hybridized carbons (Fsp3) is 0.0556. The van der Waals surface area contributed by atoms with E-state index in [4.69, 9.17) is 0 Å². The Bertz CT molecular complexity index is 1260. The summed E-state index contributed by atoms with van der Waals surface area (Å²) in [4.78, 5) is 27.3. The Balaban J connectivity index is 1.59. The first kappa shape index (κ1) is 19.4. The number of amides is 1. The molecule has 2 aromatic carbocycles. The van der Waals surface area contributed by atoms with Gasteiger partial charge in [-0.05, 0) is 18.2 Å². The van der Waals surface area contributed by atoms with Crippen molar-refractivity contribution in [1.29, 1.82) is 0 Å². The zero-order valence-electron chi connectivity index (χ0n) is 14.8. The van der Waals surface area contributed by atoms with Gasteiger partial charge >= 0.3 is 6.61 Å². The molecule has 0 spiro atoms. The van der Waals surface area contributed by atoms with Gasteiger partial charge in [0.05, 0.1) is 16.1 Å². The van der Waals surface area contributed by atoms with Crippen LogP contribution in [0.2, 0.25) is 0 Å². The number of rotatable bonds is 6. The van der Waals surface area contributed by atoms with E-state index in [1.165, 1.54) is 24.3 Å². The molecule has 152 valence electrons. The predicted molar refractivity (Wildman–Crippen MR) is 105 cm³/mol. The van der Waals surface area contributed by atoms with E-state index in [9.17, 15) is 23.7 Å². The van der Waals surface area contributed by atoms with Gasteiger partial charge in [-0.1, -0.05) is 12.1 Å². The van der Waals surface area contributed by atoms with Gasteiger partial charge in [-0.25, -0.2) is 4.98 Å². The van der Waals surface area contributed by atoms with Gasteiger partial charge in [0.15, 0.2) is 10.8 Å². The molecule has 0 atom stereocenters. The molecule has 4 aromatic rings. The smallest absolute Gasteiger partial charge is 0.387 e. The number of aromatic amines is 1.